The molecule has 0 saturated carbocycles. The van der Waals surface area contributed by atoms with Crippen molar-refractivity contribution in [2.45, 2.75) is 19.3 Å². The molecule has 0 bridgehead atoms. The molecule has 0 aliphatic carbocycles. The van der Waals surface area contributed by atoms with E-state index < -0.39 is 23.2 Å². The van der Waals surface area contributed by atoms with Gasteiger partial charge < -0.3 is 19.2 Å². The molecule has 1 amide bonds. The van der Waals surface area contributed by atoms with Crippen molar-refractivity contribution in [2.24, 2.45) is 0 Å². The minimum absolute atomic E-state index is 0.109. The summed E-state index contributed by atoms with van der Waals surface area (Å²) in [6.45, 7) is 0.227. The minimum Gasteiger partial charge on any atom is -0.493 e. The molecule has 4 rings (SSSR count). The van der Waals surface area contributed by atoms with Gasteiger partial charge in [0, 0.05) is 5.56 Å². The maximum atomic E-state index is 13.2. The van der Waals surface area contributed by atoms with E-state index in [-0.39, 0.29) is 12.4 Å². The number of ether oxygens (including phenoxy) is 2. The number of carbonyl (C=O) groups is 1. The molecular formula is C26H21F3N2O4. The highest BCUT2D eigenvalue weighted by Gasteiger charge is 2.34. The lowest BCUT2D eigenvalue weighted by molar-refractivity contribution is -0.137. The SMILES string of the molecule is COc1ccc(-c2nc(CNC(=O)c3ccccc3C(F)(F)F)co2)cc1OCc1ccccc1. The van der Waals surface area contributed by atoms with Gasteiger partial charge in [0.05, 0.1) is 30.5 Å². The van der Waals surface area contributed by atoms with Crippen molar-refractivity contribution >= 4 is 5.91 Å². The molecule has 1 aromatic heterocycles. The number of halogens is 3. The van der Waals surface area contributed by atoms with Crippen molar-refractivity contribution in [1.82, 2.24) is 10.3 Å². The molecule has 0 atom stereocenters. The number of aromatic nitrogens is 1. The van der Waals surface area contributed by atoms with Crippen LogP contribution in [0.5, 0.6) is 11.5 Å². The van der Waals surface area contributed by atoms with Crippen LogP contribution in [0.4, 0.5) is 13.2 Å². The van der Waals surface area contributed by atoms with E-state index in [1.165, 1.54) is 25.5 Å². The lowest BCUT2D eigenvalue weighted by atomic mass is 10.1. The van der Waals surface area contributed by atoms with Gasteiger partial charge in [-0.25, -0.2) is 4.98 Å². The summed E-state index contributed by atoms with van der Waals surface area (Å²) in [5.41, 5.74) is 0.481. The number of amides is 1. The number of oxazole rings is 1. The van der Waals surface area contributed by atoms with Crippen molar-refractivity contribution in [3.05, 3.63) is 101 Å². The molecule has 4 aromatic rings. The van der Waals surface area contributed by atoms with Crippen LogP contribution < -0.4 is 14.8 Å². The molecular weight excluding hydrogens is 461 g/mol. The van der Waals surface area contributed by atoms with Crippen molar-refractivity contribution in [2.75, 3.05) is 7.11 Å². The first-order valence-corrected chi connectivity index (χ1v) is 10.6. The first-order valence-electron chi connectivity index (χ1n) is 10.6. The van der Waals surface area contributed by atoms with Gasteiger partial charge in [-0.15, -0.1) is 0 Å². The molecule has 180 valence electrons. The second-order valence-corrected chi connectivity index (χ2v) is 7.51. The maximum absolute atomic E-state index is 13.2. The third kappa shape index (κ3) is 5.81. The molecule has 0 aliphatic heterocycles. The molecule has 35 heavy (non-hydrogen) atoms. The lowest BCUT2D eigenvalue weighted by Gasteiger charge is -2.12. The summed E-state index contributed by atoms with van der Waals surface area (Å²) in [6.07, 6.45) is -3.30. The van der Waals surface area contributed by atoms with Crippen LogP contribution in [0.1, 0.15) is 27.2 Å². The zero-order chi connectivity index (χ0) is 24.8. The molecule has 1 N–H and O–H groups in total. The van der Waals surface area contributed by atoms with Crippen LogP contribution in [-0.2, 0) is 19.3 Å². The Morgan fingerprint density at radius 2 is 1.74 bits per heavy atom. The second kappa shape index (κ2) is 10.3. The Morgan fingerprint density at radius 1 is 1.00 bits per heavy atom. The molecule has 0 spiro atoms. The standard InChI is InChI=1S/C26H21F3N2O4/c1-33-22-12-11-18(13-23(22)34-15-17-7-3-2-4-8-17)25-31-19(16-35-25)14-30-24(32)20-9-5-6-10-21(20)26(27,28)29/h2-13,16H,14-15H2,1H3,(H,30,32). The van der Waals surface area contributed by atoms with Crippen LogP contribution in [0.3, 0.4) is 0 Å². The summed E-state index contributed by atoms with van der Waals surface area (Å²) >= 11 is 0. The molecule has 9 heteroatoms. The predicted molar refractivity (Wildman–Crippen MR) is 122 cm³/mol. The summed E-state index contributed by atoms with van der Waals surface area (Å²) in [5, 5.41) is 2.45. The van der Waals surface area contributed by atoms with Crippen molar-refractivity contribution in [3.63, 3.8) is 0 Å². The number of rotatable bonds is 8. The van der Waals surface area contributed by atoms with E-state index >= 15 is 0 Å². The molecule has 3 aromatic carbocycles. The lowest BCUT2D eigenvalue weighted by Crippen LogP contribution is -2.26. The summed E-state index contributed by atoms with van der Waals surface area (Å²) in [5.74, 6) is 0.429. The summed E-state index contributed by atoms with van der Waals surface area (Å²) < 4.78 is 56.3. The topological polar surface area (TPSA) is 73.6 Å². The Bertz CT molecular complexity index is 1300. The monoisotopic (exact) mass is 482 g/mol. The Kier molecular flexibility index (Phi) is 7.05. The number of hydrogen-bond donors (Lipinski definition) is 1. The van der Waals surface area contributed by atoms with Crippen molar-refractivity contribution in [3.8, 4) is 23.0 Å². The fourth-order valence-electron chi connectivity index (χ4n) is 3.37. The van der Waals surface area contributed by atoms with Gasteiger partial charge in [0.15, 0.2) is 11.5 Å². The molecule has 0 saturated heterocycles. The average Bonchev–Trinajstić information content (AvgIpc) is 3.35. The van der Waals surface area contributed by atoms with Gasteiger partial charge >= 0.3 is 6.18 Å². The quantitative estimate of drug-likeness (QED) is 0.340. The van der Waals surface area contributed by atoms with Gasteiger partial charge in [0.25, 0.3) is 5.91 Å². The van der Waals surface area contributed by atoms with Gasteiger partial charge in [-0.3, -0.25) is 4.79 Å². The van der Waals surface area contributed by atoms with Crippen molar-refractivity contribution in [1.29, 1.82) is 0 Å². The van der Waals surface area contributed by atoms with E-state index in [4.69, 9.17) is 13.9 Å². The van der Waals surface area contributed by atoms with Crippen LogP contribution in [0.15, 0.2) is 83.5 Å². The van der Waals surface area contributed by atoms with E-state index in [0.29, 0.717) is 29.4 Å². The third-order valence-corrected chi connectivity index (χ3v) is 5.11. The average molecular weight is 482 g/mol. The molecule has 1 heterocycles. The highest BCUT2D eigenvalue weighted by Crippen LogP contribution is 2.33. The third-order valence-electron chi connectivity index (χ3n) is 5.11. The molecule has 0 aliphatic rings. The number of hydrogen-bond acceptors (Lipinski definition) is 5. The largest absolute Gasteiger partial charge is 0.493 e. The highest BCUT2D eigenvalue weighted by molar-refractivity contribution is 5.95. The minimum atomic E-state index is -4.64. The number of alkyl halides is 3. The number of nitrogens with zero attached hydrogens (tertiary/aromatic N) is 1. The molecule has 0 unspecified atom stereocenters. The van der Waals surface area contributed by atoms with Gasteiger partial charge in [0.2, 0.25) is 5.89 Å². The maximum Gasteiger partial charge on any atom is 0.417 e. The van der Waals surface area contributed by atoms with E-state index in [9.17, 15) is 18.0 Å². The predicted octanol–water partition coefficient (Wildman–Crippen LogP) is 5.88. The fourth-order valence-corrected chi connectivity index (χ4v) is 3.37. The summed E-state index contributed by atoms with van der Waals surface area (Å²) in [4.78, 5) is 16.7. The van der Waals surface area contributed by atoms with Gasteiger partial charge in [-0.1, -0.05) is 42.5 Å². The Hall–Kier alpha value is -4.27. The first-order chi connectivity index (χ1) is 16.8. The highest BCUT2D eigenvalue weighted by atomic mass is 19.4. The zero-order valence-corrected chi connectivity index (χ0v) is 18.6. The van der Waals surface area contributed by atoms with Crippen LogP contribution in [0.2, 0.25) is 0 Å². The van der Waals surface area contributed by atoms with Gasteiger partial charge in [-0.05, 0) is 35.9 Å². The smallest absolute Gasteiger partial charge is 0.417 e. The van der Waals surface area contributed by atoms with Crippen LogP contribution in [-0.4, -0.2) is 18.0 Å². The van der Waals surface area contributed by atoms with E-state index in [2.05, 4.69) is 10.3 Å². The normalized spacial score (nSPS) is 11.2. The number of nitrogens with one attached hydrogen (secondary N) is 1. The first kappa shape index (κ1) is 23.9. The molecule has 6 nitrogen and oxygen atoms in total. The Balaban J connectivity index is 1.45. The number of benzene rings is 3. The Morgan fingerprint density at radius 3 is 2.49 bits per heavy atom. The zero-order valence-electron chi connectivity index (χ0n) is 18.6. The fraction of sp³-hybridized carbons (Fsp3) is 0.154. The van der Waals surface area contributed by atoms with Crippen LogP contribution >= 0.6 is 0 Å². The van der Waals surface area contributed by atoms with Crippen molar-refractivity contribution < 1.29 is 31.9 Å². The number of carbonyl (C=O) groups excluding carboxylic acids is 1. The second-order valence-electron chi connectivity index (χ2n) is 7.51. The molecule has 0 radical (unpaired) electrons. The van der Waals surface area contributed by atoms with E-state index in [1.54, 1.807) is 18.2 Å². The van der Waals surface area contributed by atoms with E-state index in [0.717, 1.165) is 17.7 Å². The van der Waals surface area contributed by atoms with Gasteiger partial charge in [0.1, 0.15) is 12.9 Å². The van der Waals surface area contributed by atoms with Gasteiger partial charge in [-0.2, -0.15) is 13.2 Å². The van der Waals surface area contributed by atoms with Crippen LogP contribution in [0, 0.1) is 0 Å². The Labute approximate surface area is 199 Å². The van der Waals surface area contributed by atoms with Crippen LogP contribution in [0.25, 0.3) is 11.5 Å². The number of methoxy groups -OCH3 is 1. The van der Waals surface area contributed by atoms with E-state index in [1.807, 2.05) is 30.3 Å². The summed E-state index contributed by atoms with van der Waals surface area (Å²) in [7, 11) is 1.53. The summed E-state index contributed by atoms with van der Waals surface area (Å²) in [6, 6.07) is 19.4. The molecule has 0 fully saturated rings.